The van der Waals surface area contributed by atoms with Crippen LogP contribution in [0.3, 0.4) is 0 Å². The van der Waals surface area contributed by atoms with E-state index in [2.05, 4.69) is 26.8 Å². The molecule has 2 aromatic heterocycles. The number of anilines is 1. The van der Waals surface area contributed by atoms with Crippen molar-refractivity contribution in [2.45, 2.75) is 25.0 Å². The van der Waals surface area contributed by atoms with E-state index in [0.29, 0.717) is 16.9 Å². The van der Waals surface area contributed by atoms with Gasteiger partial charge in [-0.3, -0.25) is 4.79 Å². The zero-order valence-corrected chi connectivity index (χ0v) is 16.1. The average molecular weight is 391 g/mol. The van der Waals surface area contributed by atoms with E-state index in [1.54, 1.807) is 11.9 Å². The fraction of sp³-hybridized carbons (Fsp3) is 0.300. The van der Waals surface area contributed by atoms with E-state index in [1.165, 1.54) is 17.7 Å². The second-order valence-electron chi connectivity index (χ2n) is 7.30. The van der Waals surface area contributed by atoms with E-state index in [1.807, 2.05) is 25.1 Å². The Bertz CT molecular complexity index is 1210. The number of aryl methyl sites for hydroxylation is 1. The van der Waals surface area contributed by atoms with Crippen LogP contribution in [0.4, 0.5) is 5.82 Å². The second-order valence-corrected chi connectivity index (χ2v) is 8.28. The van der Waals surface area contributed by atoms with E-state index in [9.17, 15) is 9.90 Å². The van der Waals surface area contributed by atoms with Crippen molar-refractivity contribution in [1.82, 2.24) is 19.9 Å². The molecule has 1 aliphatic heterocycles. The van der Waals surface area contributed by atoms with Crippen LogP contribution in [0.15, 0.2) is 24.5 Å². The first kappa shape index (κ1) is 17.1. The van der Waals surface area contributed by atoms with E-state index in [-0.39, 0.29) is 17.9 Å². The summed E-state index contributed by atoms with van der Waals surface area (Å²) in [4.78, 5) is 27.4. The van der Waals surface area contributed by atoms with Crippen LogP contribution in [0, 0.1) is 24.7 Å². The SMILES string of the molecule is Cc1ccc(C#CC2(O)C(=O)N(C)[C@@H]3CC32)cc1-c1nc2c(N)ncnc2s1. The molecular formula is C20H17N5O2S. The zero-order chi connectivity index (χ0) is 19.6. The lowest BCUT2D eigenvalue weighted by Gasteiger charge is -2.18. The predicted molar refractivity (Wildman–Crippen MR) is 106 cm³/mol. The van der Waals surface area contributed by atoms with Crippen LogP contribution in [0.25, 0.3) is 20.9 Å². The first-order valence-electron chi connectivity index (χ1n) is 8.89. The monoisotopic (exact) mass is 391 g/mol. The lowest BCUT2D eigenvalue weighted by atomic mass is 9.98. The predicted octanol–water partition coefficient (Wildman–Crippen LogP) is 1.59. The van der Waals surface area contributed by atoms with Crippen molar-refractivity contribution in [1.29, 1.82) is 0 Å². The molecule has 1 aliphatic carbocycles. The third-order valence-electron chi connectivity index (χ3n) is 5.53. The number of hydrogen-bond donors (Lipinski definition) is 2. The molecule has 3 N–H and O–H groups in total. The van der Waals surface area contributed by atoms with Crippen molar-refractivity contribution < 1.29 is 9.90 Å². The molecule has 1 saturated heterocycles. The number of thiazole rings is 1. The Morgan fingerprint density at radius 3 is 2.93 bits per heavy atom. The molecule has 3 atom stereocenters. The maximum absolute atomic E-state index is 12.3. The smallest absolute Gasteiger partial charge is 0.267 e. The molecule has 7 nitrogen and oxygen atoms in total. The van der Waals surface area contributed by atoms with Gasteiger partial charge in [0.15, 0.2) is 5.82 Å². The van der Waals surface area contributed by atoms with Gasteiger partial charge in [0.25, 0.3) is 5.91 Å². The average Bonchev–Trinajstić information content (AvgIpc) is 3.33. The Labute approximate surface area is 165 Å². The van der Waals surface area contributed by atoms with Crippen LogP contribution in [0.2, 0.25) is 0 Å². The molecule has 2 aliphatic rings. The number of amides is 1. The van der Waals surface area contributed by atoms with E-state index >= 15 is 0 Å². The van der Waals surface area contributed by atoms with Gasteiger partial charge in [-0.15, -0.1) is 0 Å². The van der Waals surface area contributed by atoms with Gasteiger partial charge in [0, 0.05) is 30.1 Å². The summed E-state index contributed by atoms with van der Waals surface area (Å²) in [6.45, 7) is 1.99. The third kappa shape index (κ3) is 2.40. The van der Waals surface area contributed by atoms with Crippen LogP contribution in [-0.2, 0) is 4.79 Å². The van der Waals surface area contributed by atoms with Crippen molar-refractivity contribution in [2.24, 2.45) is 5.92 Å². The molecule has 8 heteroatoms. The standard InChI is InChI=1S/C20H17N5O2S/c1-10-3-4-11(5-6-20(27)13-8-14(13)25(2)19(20)26)7-12(10)17-24-15-16(21)22-9-23-18(15)28-17/h3-4,7,9,13-14,27H,8H2,1-2H3,(H2,21,22,23)/t13?,14-,20?/m1/s1. The Morgan fingerprint density at radius 2 is 2.21 bits per heavy atom. The van der Waals surface area contributed by atoms with Crippen LogP contribution < -0.4 is 5.73 Å². The summed E-state index contributed by atoms with van der Waals surface area (Å²) in [6.07, 6.45) is 2.23. The molecule has 1 amide bonds. The summed E-state index contributed by atoms with van der Waals surface area (Å²) in [5, 5.41) is 11.5. The maximum Gasteiger partial charge on any atom is 0.267 e. The molecule has 28 heavy (non-hydrogen) atoms. The number of likely N-dealkylation sites (N-methyl/N-ethyl adjacent to an activating group) is 1. The highest BCUT2D eigenvalue weighted by molar-refractivity contribution is 7.21. The summed E-state index contributed by atoms with van der Waals surface area (Å²) in [7, 11) is 1.72. The number of piperidine rings is 1. The molecule has 1 aromatic carbocycles. The quantitative estimate of drug-likeness (QED) is 0.611. The molecule has 0 spiro atoms. The van der Waals surface area contributed by atoms with E-state index in [4.69, 9.17) is 5.73 Å². The number of likely N-dealkylation sites (tertiary alicyclic amines) is 1. The minimum Gasteiger partial charge on any atom is -0.382 e. The Morgan fingerprint density at radius 1 is 1.39 bits per heavy atom. The molecule has 5 rings (SSSR count). The lowest BCUT2D eigenvalue weighted by molar-refractivity contribution is -0.140. The molecule has 3 heterocycles. The number of carbonyl (C=O) groups excluding carboxylic acids is 1. The highest BCUT2D eigenvalue weighted by Gasteiger charge is 2.66. The number of nitrogens with zero attached hydrogens (tertiary/aromatic N) is 4. The molecule has 0 bridgehead atoms. The van der Waals surface area contributed by atoms with Crippen LogP contribution in [0.5, 0.6) is 0 Å². The normalized spacial score (nSPS) is 25.5. The number of fused-ring (bicyclic) bond motifs is 2. The van der Waals surface area contributed by atoms with Gasteiger partial charge in [-0.25, -0.2) is 15.0 Å². The summed E-state index contributed by atoms with van der Waals surface area (Å²) < 4.78 is 0. The van der Waals surface area contributed by atoms with Gasteiger partial charge in [-0.05, 0) is 31.0 Å². The summed E-state index contributed by atoms with van der Waals surface area (Å²) in [5.41, 5.74) is 7.57. The van der Waals surface area contributed by atoms with Crippen molar-refractivity contribution in [3.63, 3.8) is 0 Å². The first-order chi connectivity index (χ1) is 13.4. The topological polar surface area (TPSA) is 105 Å². The number of rotatable bonds is 1. The molecule has 3 aromatic rings. The lowest BCUT2D eigenvalue weighted by Crippen LogP contribution is -2.41. The zero-order valence-electron chi connectivity index (χ0n) is 15.3. The number of nitrogens with two attached hydrogens (primary N) is 1. The molecular weight excluding hydrogens is 374 g/mol. The fourth-order valence-corrected chi connectivity index (χ4v) is 4.76. The Hall–Kier alpha value is -3.02. The molecule has 0 radical (unpaired) electrons. The first-order valence-corrected chi connectivity index (χ1v) is 9.71. The minimum atomic E-state index is -1.58. The summed E-state index contributed by atoms with van der Waals surface area (Å²) in [5.74, 6) is 5.78. The Balaban J connectivity index is 1.54. The van der Waals surface area contributed by atoms with E-state index < -0.39 is 5.60 Å². The number of hydrogen-bond acceptors (Lipinski definition) is 7. The van der Waals surface area contributed by atoms with Gasteiger partial charge >= 0.3 is 0 Å². The van der Waals surface area contributed by atoms with Crippen molar-refractivity contribution >= 4 is 33.4 Å². The van der Waals surface area contributed by atoms with Crippen molar-refractivity contribution in [3.05, 3.63) is 35.7 Å². The Kier molecular flexibility index (Phi) is 3.50. The van der Waals surface area contributed by atoms with Gasteiger partial charge in [-0.1, -0.05) is 29.2 Å². The van der Waals surface area contributed by atoms with Gasteiger partial charge in [0.1, 0.15) is 21.7 Å². The number of benzene rings is 1. The van der Waals surface area contributed by atoms with E-state index in [0.717, 1.165) is 27.4 Å². The van der Waals surface area contributed by atoms with Crippen LogP contribution >= 0.6 is 11.3 Å². The molecule has 2 unspecified atom stereocenters. The number of carbonyl (C=O) groups is 1. The van der Waals surface area contributed by atoms with Crippen LogP contribution in [-0.4, -0.2) is 49.6 Å². The van der Waals surface area contributed by atoms with Crippen molar-refractivity contribution in [2.75, 3.05) is 12.8 Å². The van der Waals surface area contributed by atoms with Gasteiger partial charge < -0.3 is 15.7 Å². The molecule has 2 fully saturated rings. The molecule has 140 valence electrons. The highest BCUT2D eigenvalue weighted by atomic mass is 32.1. The highest BCUT2D eigenvalue weighted by Crippen LogP contribution is 2.50. The third-order valence-corrected chi connectivity index (χ3v) is 6.52. The number of aromatic nitrogens is 3. The van der Waals surface area contributed by atoms with Gasteiger partial charge in [0.05, 0.1) is 0 Å². The number of nitrogen functional groups attached to an aromatic ring is 1. The van der Waals surface area contributed by atoms with Crippen molar-refractivity contribution in [3.8, 4) is 22.4 Å². The fourth-order valence-electron chi connectivity index (χ4n) is 3.77. The van der Waals surface area contributed by atoms with Gasteiger partial charge in [-0.2, -0.15) is 0 Å². The number of aliphatic hydroxyl groups is 1. The minimum absolute atomic E-state index is 0.0896. The largest absolute Gasteiger partial charge is 0.382 e. The van der Waals surface area contributed by atoms with Gasteiger partial charge in [0.2, 0.25) is 5.60 Å². The maximum atomic E-state index is 12.3. The summed E-state index contributed by atoms with van der Waals surface area (Å²) in [6, 6.07) is 5.87. The second kappa shape index (κ2) is 5.74. The molecule has 1 saturated carbocycles. The summed E-state index contributed by atoms with van der Waals surface area (Å²) >= 11 is 1.44. The van der Waals surface area contributed by atoms with Crippen LogP contribution in [0.1, 0.15) is 17.5 Å².